The Morgan fingerprint density at radius 1 is 1.03 bits per heavy atom. The summed E-state index contributed by atoms with van der Waals surface area (Å²) in [6.07, 6.45) is 1.96. The zero-order valence-corrected chi connectivity index (χ0v) is 20.0. The van der Waals surface area contributed by atoms with Crippen LogP contribution < -0.4 is 4.90 Å². The molecule has 31 heavy (non-hydrogen) atoms. The molecule has 2 aromatic carbocycles. The van der Waals surface area contributed by atoms with Gasteiger partial charge >= 0.3 is 0 Å². The van der Waals surface area contributed by atoms with Crippen molar-refractivity contribution in [2.45, 2.75) is 26.7 Å². The second kappa shape index (κ2) is 9.55. The van der Waals surface area contributed by atoms with Crippen molar-refractivity contribution in [3.05, 3.63) is 70.1 Å². The molecular formula is C25H29N3OS2. The lowest BCUT2D eigenvalue weighted by molar-refractivity contribution is -0.123. The third kappa shape index (κ3) is 5.03. The molecule has 0 aliphatic carbocycles. The highest BCUT2D eigenvalue weighted by molar-refractivity contribution is 8.26. The van der Waals surface area contributed by atoms with Crippen LogP contribution in [0.5, 0.6) is 0 Å². The van der Waals surface area contributed by atoms with Crippen LogP contribution in [0.2, 0.25) is 0 Å². The molecule has 4 nitrogen and oxygen atoms in total. The number of benzene rings is 2. The van der Waals surface area contributed by atoms with Gasteiger partial charge in [-0.3, -0.25) is 14.6 Å². The van der Waals surface area contributed by atoms with Crippen molar-refractivity contribution in [1.29, 1.82) is 0 Å². The van der Waals surface area contributed by atoms with Crippen LogP contribution in [0.3, 0.4) is 0 Å². The Bertz CT molecular complexity index is 992. The summed E-state index contributed by atoms with van der Waals surface area (Å²) in [5.74, 6) is 0.516. The first-order chi connectivity index (χ1) is 14.9. The molecule has 2 saturated heterocycles. The Morgan fingerprint density at radius 2 is 1.71 bits per heavy atom. The van der Waals surface area contributed by atoms with E-state index < -0.39 is 0 Å². The lowest BCUT2D eigenvalue weighted by Crippen LogP contribution is -2.51. The van der Waals surface area contributed by atoms with E-state index >= 15 is 0 Å². The van der Waals surface area contributed by atoms with Gasteiger partial charge < -0.3 is 4.90 Å². The second-order valence-corrected chi connectivity index (χ2v) is 10.1. The summed E-state index contributed by atoms with van der Waals surface area (Å²) in [4.78, 5) is 20.2. The Hall–Kier alpha value is -2.15. The number of thioether (sulfide) groups is 1. The smallest absolute Gasteiger partial charge is 0.267 e. The van der Waals surface area contributed by atoms with E-state index in [1.165, 1.54) is 28.6 Å². The Kier molecular flexibility index (Phi) is 6.80. The minimum Gasteiger partial charge on any atom is -0.369 e. The number of hydrogen-bond acceptors (Lipinski definition) is 5. The third-order valence-corrected chi connectivity index (χ3v) is 7.32. The quantitative estimate of drug-likeness (QED) is 0.466. The Labute approximate surface area is 194 Å². The highest BCUT2D eigenvalue weighted by Crippen LogP contribution is 2.33. The van der Waals surface area contributed by atoms with Crippen molar-refractivity contribution in [3.63, 3.8) is 0 Å². The predicted octanol–water partition coefficient (Wildman–Crippen LogP) is 5.10. The number of aryl methyl sites for hydroxylation is 1. The van der Waals surface area contributed by atoms with Crippen LogP contribution in [0.1, 0.15) is 36.5 Å². The molecule has 6 heteroatoms. The minimum atomic E-state index is 0.0178. The molecule has 2 heterocycles. The number of para-hydroxylation sites is 1. The van der Waals surface area contributed by atoms with E-state index in [0.29, 0.717) is 21.8 Å². The van der Waals surface area contributed by atoms with E-state index in [1.54, 1.807) is 4.90 Å². The first kappa shape index (κ1) is 22.1. The number of piperazine rings is 1. The van der Waals surface area contributed by atoms with E-state index in [4.69, 9.17) is 12.2 Å². The SMILES string of the molecule is Cc1ccccc1N1CCN(CN2C(=O)C(=Cc3ccc(C(C)C)cc3)SC2=S)CC1. The number of rotatable bonds is 5. The van der Waals surface area contributed by atoms with E-state index in [0.717, 1.165) is 31.7 Å². The number of nitrogens with zero attached hydrogens (tertiary/aromatic N) is 3. The van der Waals surface area contributed by atoms with Gasteiger partial charge in [0.2, 0.25) is 0 Å². The van der Waals surface area contributed by atoms with Crippen LogP contribution in [0.4, 0.5) is 5.69 Å². The van der Waals surface area contributed by atoms with Gasteiger partial charge in [0, 0.05) is 31.9 Å². The fraction of sp³-hybridized carbons (Fsp3) is 0.360. The van der Waals surface area contributed by atoms with Crippen molar-refractivity contribution in [1.82, 2.24) is 9.80 Å². The zero-order valence-electron chi connectivity index (χ0n) is 18.4. The topological polar surface area (TPSA) is 26.8 Å². The van der Waals surface area contributed by atoms with Gasteiger partial charge in [-0.2, -0.15) is 0 Å². The first-order valence-electron chi connectivity index (χ1n) is 10.8. The predicted molar refractivity (Wildman–Crippen MR) is 135 cm³/mol. The van der Waals surface area contributed by atoms with Crippen molar-refractivity contribution in [2.24, 2.45) is 0 Å². The van der Waals surface area contributed by atoms with Crippen LogP contribution in [0.15, 0.2) is 53.4 Å². The maximum atomic E-state index is 13.0. The fourth-order valence-corrected chi connectivity index (χ4v) is 5.24. The lowest BCUT2D eigenvalue weighted by Gasteiger charge is -2.38. The van der Waals surface area contributed by atoms with Gasteiger partial charge in [0.25, 0.3) is 5.91 Å². The van der Waals surface area contributed by atoms with E-state index in [9.17, 15) is 4.79 Å². The molecule has 0 atom stereocenters. The average Bonchev–Trinajstić information content (AvgIpc) is 3.02. The summed E-state index contributed by atoms with van der Waals surface area (Å²) in [5, 5.41) is 0. The highest BCUT2D eigenvalue weighted by Gasteiger charge is 2.33. The Morgan fingerprint density at radius 3 is 2.35 bits per heavy atom. The molecule has 0 saturated carbocycles. The van der Waals surface area contributed by atoms with Crippen LogP contribution in [-0.4, -0.2) is 52.9 Å². The summed E-state index contributed by atoms with van der Waals surface area (Å²) in [7, 11) is 0. The summed E-state index contributed by atoms with van der Waals surface area (Å²) >= 11 is 6.95. The minimum absolute atomic E-state index is 0.0178. The fourth-order valence-electron chi connectivity index (χ4n) is 4.00. The summed E-state index contributed by atoms with van der Waals surface area (Å²) in [6.45, 7) is 10.8. The van der Waals surface area contributed by atoms with Crippen LogP contribution in [0, 0.1) is 6.92 Å². The number of hydrogen-bond donors (Lipinski definition) is 0. The average molecular weight is 452 g/mol. The zero-order chi connectivity index (χ0) is 22.0. The summed E-state index contributed by atoms with van der Waals surface area (Å²) in [6, 6.07) is 16.9. The highest BCUT2D eigenvalue weighted by atomic mass is 32.2. The van der Waals surface area contributed by atoms with Gasteiger partial charge in [-0.25, -0.2) is 0 Å². The Balaban J connectivity index is 1.37. The summed E-state index contributed by atoms with van der Waals surface area (Å²) in [5.41, 5.74) is 4.95. The van der Waals surface area contributed by atoms with Gasteiger partial charge in [0.15, 0.2) is 0 Å². The van der Waals surface area contributed by atoms with Gasteiger partial charge in [-0.1, -0.05) is 80.3 Å². The number of anilines is 1. The molecule has 2 fully saturated rings. The van der Waals surface area contributed by atoms with Crippen molar-refractivity contribution in [3.8, 4) is 0 Å². The van der Waals surface area contributed by atoms with Gasteiger partial charge in [-0.05, 0) is 41.7 Å². The van der Waals surface area contributed by atoms with Gasteiger partial charge in [0.05, 0.1) is 11.6 Å². The standard InChI is InChI=1S/C25H29N3OS2/c1-18(2)21-10-8-20(9-11-21)16-23-24(29)28(25(30)31-23)17-26-12-14-27(15-13-26)22-7-5-4-6-19(22)3/h4-11,16,18H,12-15,17H2,1-3H3. The van der Waals surface area contributed by atoms with Crippen molar-refractivity contribution in [2.75, 3.05) is 37.7 Å². The maximum absolute atomic E-state index is 13.0. The van der Waals surface area contributed by atoms with Gasteiger partial charge in [0.1, 0.15) is 4.32 Å². The molecular weight excluding hydrogens is 422 g/mol. The van der Waals surface area contributed by atoms with Gasteiger partial charge in [-0.15, -0.1) is 0 Å². The lowest BCUT2D eigenvalue weighted by atomic mass is 10.0. The van der Waals surface area contributed by atoms with E-state index in [-0.39, 0.29) is 5.91 Å². The summed E-state index contributed by atoms with van der Waals surface area (Å²) < 4.78 is 0.649. The molecule has 0 spiro atoms. The molecule has 0 aromatic heterocycles. The number of amides is 1. The number of carbonyl (C=O) groups excluding carboxylic acids is 1. The molecule has 2 aliphatic rings. The number of thiocarbonyl (C=S) groups is 1. The molecule has 2 aromatic rings. The molecule has 4 rings (SSSR count). The van der Waals surface area contributed by atoms with Crippen LogP contribution >= 0.6 is 24.0 Å². The molecule has 162 valence electrons. The molecule has 0 unspecified atom stereocenters. The maximum Gasteiger partial charge on any atom is 0.267 e. The second-order valence-electron chi connectivity index (χ2n) is 8.46. The largest absolute Gasteiger partial charge is 0.369 e. The molecule has 0 bridgehead atoms. The van der Waals surface area contributed by atoms with E-state index in [1.807, 2.05) is 6.08 Å². The molecule has 2 aliphatic heterocycles. The van der Waals surface area contributed by atoms with Crippen molar-refractivity contribution < 1.29 is 4.79 Å². The normalized spacial score (nSPS) is 19.2. The van der Waals surface area contributed by atoms with Crippen molar-refractivity contribution >= 4 is 46.0 Å². The number of carbonyl (C=O) groups is 1. The molecule has 1 amide bonds. The molecule has 0 radical (unpaired) electrons. The first-order valence-corrected chi connectivity index (χ1v) is 12.0. The third-order valence-electron chi connectivity index (χ3n) is 5.94. The van der Waals surface area contributed by atoms with Crippen LogP contribution in [0.25, 0.3) is 6.08 Å². The van der Waals surface area contributed by atoms with E-state index in [2.05, 4.69) is 79.1 Å². The molecule has 0 N–H and O–H groups in total. The van der Waals surface area contributed by atoms with Crippen LogP contribution in [-0.2, 0) is 4.79 Å². The monoisotopic (exact) mass is 451 g/mol.